The number of carbonyl (C=O) groups excluding carboxylic acids is 1. The van der Waals surface area contributed by atoms with Gasteiger partial charge >= 0.3 is 0 Å². The van der Waals surface area contributed by atoms with Gasteiger partial charge in [0.1, 0.15) is 0 Å². The molecule has 3 heteroatoms. The summed E-state index contributed by atoms with van der Waals surface area (Å²) in [5.74, 6) is 0.438. The lowest BCUT2D eigenvalue weighted by atomic mass is 9.93. The molecule has 108 valence electrons. The van der Waals surface area contributed by atoms with Crippen LogP contribution in [-0.2, 0) is 11.3 Å². The largest absolute Gasteiger partial charge is 0.338 e. The van der Waals surface area contributed by atoms with Gasteiger partial charge in [0.2, 0.25) is 5.91 Å². The van der Waals surface area contributed by atoms with Gasteiger partial charge in [-0.1, -0.05) is 42.5 Å². The molecule has 0 spiro atoms. The monoisotopic (exact) mass is 272 g/mol. The van der Waals surface area contributed by atoms with Gasteiger partial charge in [0, 0.05) is 19.0 Å². The van der Waals surface area contributed by atoms with Crippen molar-refractivity contribution in [2.24, 2.45) is 11.7 Å². The van der Waals surface area contributed by atoms with E-state index in [0.717, 1.165) is 32.2 Å². The maximum Gasteiger partial charge on any atom is 0.226 e. The zero-order chi connectivity index (χ0) is 14.2. The lowest BCUT2D eigenvalue weighted by molar-refractivity contribution is -0.136. The Morgan fingerprint density at radius 3 is 2.70 bits per heavy atom. The normalized spacial score (nSPS) is 17.9. The van der Waals surface area contributed by atoms with Crippen LogP contribution in [0.2, 0.25) is 0 Å². The van der Waals surface area contributed by atoms with Crippen molar-refractivity contribution in [1.29, 1.82) is 0 Å². The molecule has 1 atom stereocenters. The standard InChI is InChI=1S/C17H24N2O/c18-12-7-13-19(14-15-8-3-1-4-9-15)17(20)16-10-5-2-6-11-16/h1-5,8-9,16H,6-7,10-14,18H2. The van der Waals surface area contributed by atoms with E-state index in [2.05, 4.69) is 24.3 Å². The fourth-order valence-corrected chi connectivity index (χ4v) is 2.63. The zero-order valence-electron chi connectivity index (χ0n) is 12.0. The molecule has 0 radical (unpaired) electrons. The molecular formula is C17H24N2O. The first-order valence-electron chi connectivity index (χ1n) is 7.49. The fraction of sp³-hybridized carbons (Fsp3) is 0.471. The second-order valence-corrected chi connectivity index (χ2v) is 5.37. The van der Waals surface area contributed by atoms with Crippen LogP contribution in [0.1, 0.15) is 31.2 Å². The fourth-order valence-electron chi connectivity index (χ4n) is 2.63. The Labute approximate surface area is 121 Å². The van der Waals surface area contributed by atoms with Gasteiger partial charge in [-0.2, -0.15) is 0 Å². The average Bonchev–Trinajstić information content (AvgIpc) is 2.52. The number of allylic oxidation sites excluding steroid dienone is 2. The summed E-state index contributed by atoms with van der Waals surface area (Å²) in [6.45, 7) is 2.08. The molecule has 2 N–H and O–H groups in total. The Balaban J connectivity index is 2.02. The summed E-state index contributed by atoms with van der Waals surface area (Å²) in [7, 11) is 0. The highest BCUT2D eigenvalue weighted by Crippen LogP contribution is 2.21. The van der Waals surface area contributed by atoms with Crippen LogP contribution in [0.4, 0.5) is 0 Å². The molecule has 3 nitrogen and oxygen atoms in total. The Bertz CT molecular complexity index is 442. The third-order valence-corrected chi connectivity index (χ3v) is 3.78. The van der Waals surface area contributed by atoms with Gasteiger partial charge in [-0.25, -0.2) is 0 Å². The van der Waals surface area contributed by atoms with Gasteiger partial charge in [0.15, 0.2) is 0 Å². The lowest BCUT2D eigenvalue weighted by Gasteiger charge is -2.28. The molecule has 1 amide bonds. The molecule has 20 heavy (non-hydrogen) atoms. The summed E-state index contributed by atoms with van der Waals surface area (Å²) in [6.07, 6.45) is 8.05. The molecule has 0 heterocycles. The molecule has 0 aromatic heterocycles. The SMILES string of the molecule is NCCCN(Cc1ccccc1)C(=O)C1CC=CCC1. The van der Waals surface area contributed by atoms with Crippen LogP contribution in [0.5, 0.6) is 0 Å². The predicted molar refractivity (Wildman–Crippen MR) is 82.0 cm³/mol. The van der Waals surface area contributed by atoms with Gasteiger partial charge in [-0.05, 0) is 37.8 Å². The van der Waals surface area contributed by atoms with Crippen molar-refractivity contribution < 1.29 is 4.79 Å². The third kappa shape index (κ3) is 4.20. The van der Waals surface area contributed by atoms with E-state index < -0.39 is 0 Å². The van der Waals surface area contributed by atoms with E-state index >= 15 is 0 Å². The number of benzene rings is 1. The van der Waals surface area contributed by atoms with E-state index in [9.17, 15) is 4.79 Å². The maximum atomic E-state index is 12.7. The van der Waals surface area contributed by atoms with Crippen molar-refractivity contribution in [2.45, 2.75) is 32.2 Å². The number of nitrogens with two attached hydrogens (primary N) is 1. The minimum atomic E-state index is 0.154. The van der Waals surface area contributed by atoms with E-state index in [1.165, 1.54) is 5.56 Å². The van der Waals surface area contributed by atoms with Gasteiger partial charge in [-0.15, -0.1) is 0 Å². The van der Waals surface area contributed by atoms with Crippen LogP contribution in [0.25, 0.3) is 0 Å². The first-order valence-corrected chi connectivity index (χ1v) is 7.49. The predicted octanol–water partition coefficient (Wildman–Crippen LogP) is 2.72. The molecule has 0 bridgehead atoms. The zero-order valence-corrected chi connectivity index (χ0v) is 12.0. The molecule has 1 aromatic carbocycles. The number of hydrogen-bond acceptors (Lipinski definition) is 2. The second kappa shape index (κ2) is 7.85. The highest BCUT2D eigenvalue weighted by Gasteiger charge is 2.24. The van der Waals surface area contributed by atoms with Crippen molar-refractivity contribution >= 4 is 5.91 Å². The smallest absolute Gasteiger partial charge is 0.226 e. The summed E-state index contributed by atoms with van der Waals surface area (Å²) in [5, 5.41) is 0. The van der Waals surface area contributed by atoms with Gasteiger partial charge in [-0.3, -0.25) is 4.79 Å². The average molecular weight is 272 g/mol. The quantitative estimate of drug-likeness (QED) is 0.809. The topological polar surface area (TPSA) is 46.3 Å². The van der Waals surface area contributed by atoms with Crippen LogP contribution < -0.4 is 5.73 Å². The highest BCUT2D eigenvalue weighted by atomic mass is 16.2. The summed E-state index contributed by atoms with van der Waals surface area (Å²) in [5.41, 5.74) is 6.78. The second-order valence-electron chi connectivity index (χ2n) is 5.37. The first-order chi connectivity index (χ1) is 9.81. The molecule has 0 fully saturated rings. The summed E-state index contributed by atoms with van der Waals surface area (Å²) >= 11 is 0. The molecule has 2 rings (SSSR count). The Morgan fingerprint density at radius 1 is 1.25 bits per heavy atom. The van der Waals surface area contributed by atoms with Crippen molar-refractivity contribution in [3.63, 3.8) is 0 Å². The van der Waals surface area contributed by atoms with Crippen molar-refractivity contribution in [3.05, 3.63) is 48.0 Å². The van der Waals surface area contributed by atoms with E-state index in [0.29, 0.717) is 13.1 Å². The van der Waals surface area contributed by atoms with Crippen molar-refractivity contribution in [1.82, 2.24) is 4.90 Å². The van der Waals surface area contributed by atoms with Crippen LogP contribution in [0.15, 0.2) is 42.5 Å². The summed E-state index contributed by atoms with van der Waals surface area (Å²) in [4.78, 5) is 14.6. The molecule has 0 aliphatic heterocycles. The number of hydrogen-bond donors (Lipinski definition) is 1. The number of amides is 1. The maximum absolute atomic E-state index is 12.7. The molecule has 1 aliphatic rings. The van der Waals surface area contributed by atoms with E-state index in [4.69, 9.17) is 5.73 Å². The van der Waals surface area contributed by atoms with E-state index in [1.54, 1.807) is 0 Å². The van der Waals surface area contributed by atoms with E-state index in [-0.39, 0.29) is 11.8 Å². The van der Waals surface area contributed by atoms with Gasteiger partial charge < -0.3 is 10.6 Å². The van der Waals surface area contributed by atoms with Crippen LogP contribution in [0, 0.1) is 5.92 Å². The lowest BCUT2D eigenvalue weighted by Crippen LogP contribution is -2.37. The van der Waals surface area contributed by atoms with E-state index in [1.807, 2.05) is 23.1 Å². The Hall–Kier alpha value is -1.61. The van der Waals surface area contributed by atoms with Crippen LogP contribution in [0.3, 0.4) is 0 Å². The summed E-state index contributed by atoms with van der Waals surface area (Å²) < 4.78 is 0. The number of rotatable bonds is 6. The molecule has 1 aromatic rings. The minimum Gasteiger partial charge on any atom is -0.338 e. The summed E-state index contributed by atoms with van der Waals surface area (Å²) in [6, 6.07) is 10.2. The van der Waals surface area contributed by atoms with Gasteiger partial charge in [0.05, 0.1) is 0 Å². The van der Waals surface area contributed by atoms with Crippen molar-refractivity contribution in [2.75, 3.05) is 13.1 Å². The number of nitrogens with zero attached hydrogens (tertiary/aromatic N) is 1. The molecular weight excluding hydrogens is 248 g/mol. The third-order valence-electron chi connectivity index (χ3n) is 3.78. The molecule has 0 saturated heterocycles. The van der Waals surface area contributed by atoms with Crippen molar-refractivity contribution in [3.8, 4) is 0 Å². The van der Waals surface area contributed by atoms with Crippen LogP contribution in [-0.4, -0.2) is 23.9 Å². The number of carbonyl (C=O) groups is 1. The molecule has 0 saturated carbocycles. The Morgan fingerprint density at radius 2 is 2.05 bits per heavy atom. The first kappa shape index (κ1) is 14.8. The highest BCUT2D eigenvalue weighted by molar-refractivity contribution is 5.79. The van der Waals surface area contributed by atoms with Crippen LogP contribution >= 0.6 is 0 Å². The molecule has 1 aliphatic carbocycles. The Kier molecular flexibility index (Phi) is 5.81. The van der Waals surface area contributed by atoms with Gasteiger partial charge in [0.25, 0.3) is 0 Å². The minimum absolute atomic E-state index is 0.154. The molecule has 1 unspecified atom stereocenters.